The number of halogens is 1. The van der Waals surface area contributed by atoms with Crippen molar-refractivity contribution in [2.24, 2.45) is 0 Å². The van der Waals surface area contributed by atoms with Crippen LogP contribution in [-0.2, 0) is 16.1 Å². The van der Waals surface area contributed by atoms with Gasteiger partial charge in [-0.1, -0.05) is 34.1 Å². The number of fused-ring (bicyclic) bond motifs is 2. The van der Waals surface area contributed by atoms with E-state index in [1.807, 2.05) is 62.8 Å². The first-order valence-corrected chi connectivity index (χ1v) is 10.8. The molecule has 3 heterocycles. The van der Waals surface area contributed by atoms with Crippen LogP contribution in [0.5, 0.6) is 0 Å². The van der Waals surface area contributed by atoms with E-state index < -0.39 is 0 Å². The topological polar surface area (TPSA) is 70.1 Å². The zero-order valence-electron chi connectivity index (χ0n) is 17.2. The molecule has 1 aliphatic heterocycles. The third kappa shape index (κ3) is 3.30. The molecule has 156 valence electrons. The van der Waals surface area contributed by atoms with E-state index in [1.54, 1.807) is 6.20 Å². The number of rotatable bonds is 5. The number of carbonyl (C=O) groups is 2. The summed E-state index contributed by atoms with van der Waals surface area (Å²) < 4.78 is 3.07. The van der Waals surface area contributed by atoms with Gasteiger partial charge in [0.2, 0.25) is 0 Å². The number of likely N-dealkylation sites (N-methyl/N-ethyl adjacent to an activating group) is 1. The molecule has 0 radical (unpaired) electrons. The van der Waals surface area contributed by atoms with Crippen LogP contribution in [0.2, 0.25) is 0 Å². The van der Waals surface area contributed by atoms with E-state index in [4.69, 9.17) is 0 Å². The molecular formula is C24H21BrN4O2. The fourth-order valence-electron chi connectivity index (χ4n) is 4.21. The van der Waals surface area contributed by atoms with Gasteiger partial charge in [-0.25, -0.2) is 0 Å². The van der Waals surface area contributed by atoms with Crippen LogP contribution < -0.4 is 5.32 Å². The second kappa shape index (κ2) is 7.51. The number of aromatic nitrogens is 2. The van der Waals surface area contributed by atoms with Gasteiger partial charge >= 0.3 is 0 Å². The first-order valence-electron chi connectivity index (χ1n) is 10.0. The molecule has 0 unspecified atom stereocenters. The summed E-state index contributed by atoms with van der Waals surface area (Å²) in [5.74, 6) is -0.731. The van der Waals surface area contributed by atoms with Crippen molar-refractivity contribution in [2.75, 3.05) is 20.6 Å². The molecule has 0 saturated carbocycles. The number of amides is 2. The Kier molecular flexibility index (Phi) is 4.79. The van der Waals surface area contributed by atoms with Crippen LogP contribution >= 0.6 is 15.9 Å². The number of benzene rings is 2. The number of nitrogens with zero attached hydrogens (tertiary/aromatic N) is 2. The van der Waals surface area contributed by atoms with Gasteiger partial charge in [0.15, 0.2) is 0 Å². The summed E-state index contributed by atoms with van der Waals surface area (Å²) in [5.41, 5.74) is 4.28. The highest BCUT2D eigenvalue weighted by molar-refractivity contribution is 9.10. The van der Waals surface area contributed by atoms with Gasteiger partial charge in [-0.3, -0.25) is 14.9 Å². The van der Waals surface area contributed by atoms with Crippen LogP contribution in [0.25, 0.3) is 33.0 Å². The third-order valence-electron chi connectivity index (χ3n) is 5.69. The van der Waals surface area contributed by atoms with E-state index in [0.29, 0.717) is 11.1 Å². The Labute approximate surface area is 187 Å². The average Bonchev–Trinajstić information content (AvgIpc) is 3.39. The smallest absolute Gasteiger partial charge is 0.259 e. The van der Waals surface area contributed by atoms with Crippen molar-refractivity contribution < 1.29 is 9.59 Å². The summed E-state index contributed by atoms with van der Waals surface area (Å²) in [6.45, 7) is 1.63. The number of aromatic amines is 1. The van der Waals surface area contributed by atoms with E-state index in [0.717, 1.165) is 50.5 Å². The lowest BCUT2D eigenvalue weighted by atomic mass is 9.95. The maximum atomic E-state index is 13.0. The monoisotopic (exact) mass is 476 g/mol. The Bertz CT molecular complexity index is 1390. The number of H-pyrrole nitrogens is 1. The van der Waals surface area contributed by atoms with Crippen LogP contribution in [0, 0.1) is 0 Å². The second-order valence-corrected chi connectivity index (χ2v) is 8.90. The fraction of sp³-hybridized carbons (Fsp3) is 0.167. The Hall–Kier alpha value is -3.16. The summed E-state index contributed by atoms with van der Waals surface area (Å²) in [4.78, 5) is 31.2. The minimum absolute atomic E-state index is 0.364. The van der Waals surface area contributed by atoms with Crippen LogP contribution in [0.15, 0.2) is 59.3 Å². The molecule has 31 heavy (non-hydrogen) atoms. The number of para-hydroxylation sites is 1. The first-order chi connectivity index (χ1) is 14.9. The lowest BCUT2D eigenvalue weighted by Gasteiger charge is -2.11. The van der Waals surface area contributed by atoms with Crippen molar-refractivity contribution in [1.82, 2.24) is 19.8 Å². The molecule has 2 N–H and O–H groups in total. The van der Waals surface area contributed by atoms with Gasteiger partial charge in [0.1, 0.15) is 0 Å². The molecule has 6 nitrogen and oxygen atoms in total. The Morgan fingerprint density at radius 1 is 0.968 bits per heavy atom. The SMILES string of the molecule is CN(C)CCn1cc(C2=C(c3c[nH]c4ccccc34)C(=O)NC2=O)c2cc(Br)ccc21. The molecule has 0 fully saturated rings. The molecule has 0 aliphatic carbocycles. The highest BCUT2D eigenvalue weighted by Crippen LogP contribution is 2.38. The molecule has 0 saturated heterocycles. The van der Waals surface area contributed by atoms with Crippen molar-refractivity contribution in [3.63, 3.8) is 0 Å². The molecule has 7 heteroatoms. The van der Waals surface area contributed by atoms with Gasteiger partial charge < -0.3 is 14.5 Å². The van der Waals surface area contributed by atoms with Gasteiger partial charge in [0, 0.05) is 62.9 Å². The highest BCUT2D eigenvalue weighted by Gasteiger charge is 2.35. The zero-order chi connectivity index (χ0) is 21.7. The Morgan fingerprint density at radius 2 is 1.71 bits per heavy atom. The van der Waals surface area contributed by atoms with Crippen molar-refractivity contribution in [1.29, 1.82) is 0 Å². The van der Waals surface area contributed by atoms with Gasteiger partial charge in [-0.05, 0) is 38.4 Å². The molecule has 1 aliphatic rings. The maximum absolute atomic E-state index is 13.0. The molecule has 0 spiro atoms. The Morgan fingerprint density at radius 3 is 2.48 bits per heavy atom. The molecule has 0 atom stereocenters. The fourth-order valence-corrected chi connectivity index (χ4v) is 4.57. The minimum atomic E-state index is -0.367. The molecule has 2 amide bonds. The van der Waals surface area contributed by atoms with Gasteiger partial charge in [-0.2, -0.15) is 0 Å². The van der Waals surface area contributed by atoms with Crippen molar-refractivity contribution in [3.05, 3.63) is 70.5 Å². The number of hydrogen-bond donors (Lipinski definition) is 2. The minimum Gasteiger partial charge on any atom is -0.361 e. The number of hydrogen-bond acceptors (Lipinski definition) is 3. The van der Waals surface area contributed by atoms with E-state index in [-0.39, 0.29) is 11.8 Å². The van der Waals surface area contributed by atoms with E-state index in [9.17, 15) is 9.59 Å². The van der Waals surface area contributed by atoms with Crippen LogP contribution in [0.3, 0.4) is 0 Å². The molecule has 4 aromatic rings. The van der Waals surface area contributed by atoms with Crippen molar-refractivity contribution in [3.8, 4) is 0 Å². The number of imide groups is 1. The summed E-state index contributed by atoms with van der Waals surface area (Å²) in [5, 5.41) is 4.36. The second-order valence-electron chi connectivity index (χ2n) is 7.98. The Balaban J connectivity index is 1.78. The van der Waals surface area contributed by atoms with Gasteiger partial charge in [0.25, 0.3) is 11.8 Å². The molecule has 5 rings (SSSR count). The predicted octanol–water partition coefficient (Wildman–Crippen LogP) is 4.01. The normalized spacial score (nSPS) is 14.5. The number of nitrogens with one attached hydrogen (secondary N) is 2. The van der Waals surface area contributed by atoms with E-state index in [2.05, 4.69) is 35.7 Å². The largest absolute Gasteiger partial charge is 0.361 e. The van der Waals surface area contributed by atoms with Crippen LogP contribution in [-0.4, -0.2) is 46.9 Å². The van der Waals surface area contributed by atoms with E-state index in [1.165, 1.54) is 0 Å². The summed E-state index contributed by atoms with van der Waals surface area (Å²) in [6.07, 6.45) is 3.79. The summed E-state index contributed by atoms with van der Waals surface area (Å²) in [7, 11) is 4.06. The molecule has 0 bridgehead atoms. The van der Waals surface area contributed by atoms with Gasteiger partial charge in [0.05, 0.1) is 11.1 Å². The van der Waals surface area contributed by atoms with Crippen molar-refractivity contribution >= 4 is 60.7 Å². The zero-order valence-corrected chi connectivity index (χ0v) is 18.8. The average molecular weight is 477 g/mol. The molecular weight excluding hydrogens is 456 g/mol. The first kappa shape index (κ1) is 19.8. The summed E-state index contributed by atoms with van der Waals surface area (Å²) >= 11 is 3.55. The van der Waals surface area contributed by atoms with Crippen LogP contribution in [0.1, 0.15) is 11.1 Å². The summed E-state index contributed by atoms with van der Waals surface area (Å²) in [6, 6.07) is 13.8. The lowest BCUT2D eigenvalue weighted by Crippen LogP contribution is -2.22. The van der Waals surface area contributed by atoms with Gasteiger partial charge in [-0.15, -0.1) is 0 Å². The molecule has 2 aromatic carbocycles. The predicted molar refractivity (Wildman–Crippen MR) is 126 cm³/mol. The molecule has 2 aromatic heterocycles. The van der Waals surface area contributed by atoms with Crippen LogP contribution in [0.4, 0.5) is 0 Å². The standard InChI is InChI=1S/C24H21BrN4O2/c1-28(2)9-10-29-13-18(16-11-14(25)7-8-20(16)29)22-21(23(30)27-24(22)31)17-12-26-19-6-4-3-5-15(17)19/h3-8,11-13,26H,9-10H2,1-2H3,(H,27,30,31). The van der Waals surface area contributed by atoms with Crippen molar-refractivity contribution in [2.45, 2.75) is 6.54 Å². The number of carbonyl (C=O) groups excluding carboxylic acids is 2. The quantitative estimate of drug-likeness (QED) is 0.427. The lowest BCUT2D eigenvalue weighted by molar-refractivity contribution is -0.122. The van der Waals surface area contributed by atoms with E-state index >= 15 is 0 Å². The highest BCUT2D eigenvalue weighted by atomic mass is 79.9. The third-order valence-corrected chi connectivity index (χ3v) is 6.18. The maximum Gasteiger partial charge on any atom is 0.259 e.